The molecule has 2 aliphatic rings. The summed E-state index contributed by atoms with van der Waals surface area (Å²) in [4.78, 5) is 30.1. The third-order valence-electron chi connectivity index (χ3n) is 5.25. The molecule has 2 fully saturated rings. The van der Waals surface area contributed by atoms with E-state index in [1.807, 2.05) is 0 Å². The lowest BCUT2D eigenvalue weighted by molar-refractivity contribution is -0.126. The van der Waals surface area contributed by atoms with Crippen LogP contribution in [-0.4, -0.2) is 41.5 Å². The van der Waals surface area contributed by atoms with E-state index in [9.17, 15) is 9.59 Å². The monoisotopic (exact) mass is 345 g/mol. The summed E-state index contributed by atoms with van der Waals surface area (Å²) in [5, 5.41) is 3.12. The smallest absolute Gasteiger partial charge is 0.409 e. The van der Waals surface area contributed by atoms with Gasteiger partial charge in [0.2, 0.25) is 5.91 Å². The van der Waals surface area contributed by atoms with Gasteiger partial charge >= 0.3 is 6.09 Å². The molecule has 0 aromatic carbocycles. The van der Waals surface area contributed by atoms with Gasteiger partial charge in [-0.1, -0.05) is 19.3 Å². The van der Waals surface area contributed by atoms with Gasteiger partial charge in [0.15, 0.2) is 5.75 Å². The predicted octanol–water partition coefficient (Wildman–Crippen LogP) is 2.99. The van der Waals surface area contributed by atoms with E-state index >= 15 is 0 Å². The summed E-state index contributed by atoms with van der Waals surface area (Å²) < 4.78 is 5.30. The molecule has 0 bridgehead atoms. The third kappa shape index (κ3) is 5.18. The number of hydrogen-bond acceptors (Lipinski definition) is 4. The summed E-state index contributed by atoms with van der Waals surface area (Å²) in [5.41, 5.74) is 0. The number of carbonyl (C=O) groups excluding carboxylic acids is 2. The molecule has 3 rings (SSSR count). The Hall–Kier alpha value is -2.11. The van der Waals surface area contributed by atoms with Gasteiger partial charge in [-0.25, -0.2) is 4.79 Å². The van der Waals surface area contributed by atoms with E-state index in [1.54, 1.807) is 23.2 Å². The van der Waals surface area contributed by atoms with E-state index < -0.39 is 0 Å². The van der Waals surface area contributed by atoms with Crippen molar-refractivity contribution in [3.8, 4) is 5.75 Å². The van der Waals surface area contributed by atoms with Gasteiger partial charge in [-0.15, -0.1) is 0 Å². The van der Waals surface area contributed by atoms with Crippen LogP contribution in [0.3, 0.4) is 0 Å². The highest BCUT2D eigenvalue weighted by Crippen LogP contribution is 2.23. The maximum atomic E-state index is 12.4. The summed E-state index contributed by atoms with van der Waals surface area (Å²) in [6, 6.07) is 3.43. The van der Waals surface area contributed by atoms with E-state index in [1.165, 1.54) is 38.3 Å². The molecule has 0 unspecified atom stereocenters. The zero-order chi connectivity index (χ0) is 17.5. The number of rotatable bonds is 4. The van der Waals surface area contributed by atoms with Crippen LogP contribution < -0.4 is 10.1 Å². The first kappa shape index (κ1) is 17.7. The molecule has 1 aliphatic carbocycles. The number of ether oxygens (including phenoxy) is 1. The highest BCUT2D eigenvalue weighted by molar-refractivity contribution is 5.79. The number of carbonyl (C=O) groups is 2. The number of pyridine rings is 1. The number of nitrogens with zero attached hydrogens (tertiary/aromatic N) is 2. The van der Waals surface area contributed by atoms with Crippen molar-refractivity contribution in [3.63, 3.8) is 0 Å². The van der Waals surface area contributed by atoms with Crippen molar-refractivity contribution in [1.29, 1.82) is 0 Å². The molecule has 136 valence electrons. The van der Waals surface area contributed by atoms with E-state index in [2.05, 4.69) is 10.3 Å². The first-order chi connectivity index (χ1) is 12.2. The zero-order valence-corrected chi connectivity index (χ0v) is 14.7. The van der Waals surface area contributed by atoms with Gasteiger partial charge in [-0.2, -0.15) is 0 Å². The van der Waals surface area contributed by atoms with Crippen molar-refractivity contribution < 1.29 is 14.3 Å². The molecule has 0 atom stereocenters. The maximum Gasteiger partial charge on any atom is 0.415 e. The van der Waals surface area contributed by atoms with Crippen LogP contribution in [0.1, 0.15) is 44.9 Å². The second kappa shape index (κ2) is 8.83. The molecule has 2 amide bonds. The predicted molar refractivity (Wildman–Crippen MR) is 94.1 cm³/mol. The lowest BCUT2D eigenvalue weighted by atomic mass is 9.89. The summed E-state index contributed by atoms with van der Waals surface area (Å²) >= 11 is 0. The van der Waals surface area contributed by atoms with Gasteiger partial charge < -0.3 is 15.0 Å². The minimum absolute atomic E-state index is 0.00559. The van der Waals surface area contributed by atoms with Crippen molar-refractivity contribution in [2.24, 2.45) is 11.8 Å². The van der Waals surface area contributed by atoms with Crippen LogP contribution in [-0.2, 0) is 4.79 Å². The van der Waals surface area contributed by atoms with Gasteiger partial charge in [0.25, 0.3) is 0 Å². The summed E-state index contributed by atoms with van der Waals surface area (Å²) in [6.07, 6.45) is 10.6. The highest BCUT2D eigenvalue weighted by atomic mass is 16.6. The molecule has 1 saturated heterocycles. The second-order valence-corrected chi connectivity index (χ2v) is 7.07. The molecule has 6 heteroatoms. The summed E-state index contributed by atoms with van der Waals surface area (Å²) in [6.45, 7) is 1.92. The average molecular weight is 345 g/mol. The molecule has 1 aromatic heterocycles. The Labute approximate surface area is 148 Å². The van der Waals surface area contributed by atoms with Gasteiger partial charge in [0.1, 0.15) is 0 Å². The molecule has 25 heavy (non-hydrogen) atoms. The number of likely N-dealkylation sites (tertiary alicyclic amines) is 1. The molecule has 1 saturated carbocycles. The number of amides is 2. The largest absolute Gasteiger partial charge is 0.415 e. The maximum absolute atomic E-state index is 12.4. The lowest BCUT2D eigenvalue weighted by Crippen LogP contribution is -2.44. The molecule has 1 aliphatic heterocycles. The number of aromatic nitrogens is 1. The Morgan fingerprint density at radius 1 is 1.16 bits per heavy atom. The molecule has 1 N–H and O–H groups in total. The Balaban J connectivity index is 1.38. The molecule has 0 radical (unpaired) electrons. The number of nitrogens with one attached hydrogen (secondary N) is 1. The van der Waals surface area contributed by atoms with Crippen molar-refractivity contribution in [3.05, 3.63) is 24.5 Å². The minimum Gasteiger partial charge on any atom is -0.409 e. The fourth-order valence-corrected chi connectivity index (χ4v) is 3.68. The van der Waals surface area contributed by atoms with Gasteiger partial charge in [-0.05, 0) is 43.7 Å². The Morgan fingerprint density at radius 3 is 2.60 bits per heavy atom. The average Bonchev–Trinajstić information content (AvgIpc) is 2.68. The molecule has 1 aromatic rings. The van der Waals surface area contributed by atoms with E-state index in [4.69, 9.17) is 4.74 Å². The van der Waals surface area contributed by atoms with Crippen LogP contribution in [0.2, 0.25) is 0 Å². The Kier molecular flexibility index (Phi) is 6.25. The number of hydrogen-bond donors (Lipinski definition) is 1. The molecular formula is C19H27N3O3. The summed E-state index contributed by atoms with van der Waals surface area (Å²) in [5.74, 6) is 1.24. The molecule has 6 nitrogen and oxygen atoms in total. The van der Waals surface area contributed by atoms with Crippen LogP contribution in [0.25, 0.3) is 0 Å². The molecular weight excluding hydrogens is 318 g/mol. The quantitative estimate of drug-likeness (QED) is 0.910. The third-order valence-corrected chi connectivity index (χ3v) is 5.25. The standard InChI is InChI=1S/C19H27N3O3/c23-18(21-13-15-5-2-1-3-6-15)16-8-11-22(12-9-16)19(24)25-17-7-4-10-20-14-17/h4,7,10,14-16H,1-3,5-6,8-9,11-13H2,(H,21,23). The van der Waals surface area contributed by atoms with Crippen LogP contribution in [0.5, 0.6) is 5.75 Å². The first-order valence-corrected chi connectivity index (χ1v) is 9.37. The van der Waals surface area contributed by atoms with Crippen molar-refractivity contribution >= 4 is 12.0 Å². The zero-order valence-electron chi connectivity index (χ0n) is 14.7. The fraction of sp³-hybridized carbons (Fsp3) is 0.632. The normalized spacial score (nSPS) is 19.4. The van der Waals surface area contributed by atoms with Crippen LogP contribution in [0.4, 0.5) is 4.79 Å². The van der Waals surface area contributed by atoms with Crippen LogP contribution >= 0.6 is 0 Å². The molecule has 2 heterocycles. The van der Waals surface area contributed by atoms with Gasteiger partial charge in [-0.3, -0.25) is 9.78 Å². The van der Waals surface area contributed by atoms with Crippen LogP contribution in [0.15, 0.2) is 24.5 Å². The second-order valence-electron chi connectivity index (χ2n) is 7.07. The van der Waals surface area contributed by atoms with Crippen molar-refractivity contribution in [1.82, 2.24) is 15.2 Å². The lowest BCUT2D eigenvalue weighted by Gasteiger charge is -2.31. The van der Waals surface area contributed by atoms with Gasteiger partial charge in [0, 0.05) is 31.7 Å². The SMILES string of the molecule is O=C(NCC1CCCCC1)C1CCN(C(=O)Oc2cccnc2)CC1. The Bertz CT molecular complexity index is 565. The van der Waals surface area contributed by atoms with E-state index in [0.29, 0.717) is 37.6 Å². The van der Waals surface area contributed by atoms with Crippen LogP contribution in [0, 0.1) is 11.8 Å². The van der Waals surface area contributed by atoms with E-state index in [-0.39, 0.29) is 17.9 Å². The minimum atomic E-state index is -0.367. The first-order valence-electron chi connectivity index (χ1n) is 9.37. The van der Waals surface area contributed by atoms with E-state index in [0.717, 1.165) is 6.54 Å². The number of piperidine rings is 1. The van der Waals surface area contributed by atoms with Crippen molar-refractivity contribution in [2.45, 2.75) is 44.9 Å². The van der Waals surface area contributed by atoms with Gasteiger partial charge in [0.05, 0.1) is 6.20 Å². The van der Waals surface area contributed by atoms with Crippen molar-refractivity contribution in [2.75, 3.05) is 19.6 Å². The topological polar surface area (TPSA) is 71.5 Å². The fourth-order valence-electron chi connectivity index (χ4n) is 3.68. The highest BCUT2D eigenvalue weighted by Gasteiger charge is 2.28. The Morgan fingerprint density at radius 2 is 1.92 bits per heavy atom. The summed E-state index contributed by atoms with van der Waals surface area (Å²) in [7, 11) is 0. The molecule has 0 spiro atoms.